The lowest BCUT2D eigenvalue weighted by molar-refractivity contribution is 0.0341. The van der Waals surface area contributed by atoms with Crippen molar-refractivity contribution >= 4 is 11.8 Å². The highest BCUT2D eigenvalue weighted by Crippen LogP contribution is 2.29. The van der Waals surface area contributed by atoms with Crippen LogP contribution in [-0.4, -0.2) is 73.2 Å². The van der Waals surface area contributed by atoms with Crippen molar-refractivity contribution in [2.24, 2.45) is 0 Å². The molecule has 2 aliphatic heterocycles. The summed E-state index contributed by atoms with van der Waals surface area (Å²) in [7, 11) is 0. The number of ether oxygens (including phenoxy) is 1. The second-order valence-corrected chi connectivity index (χ2v) is 8.13. The zero-order chi connectivity index (χ0) is 22.6. The number of carbonyl (C=O) groups excluding carboxylic acids is 1. The number of hydrogen-bond donors (Lipinski definition) is 0. The van der Waals surface area contributed by atoms with Crippen LogP contribution in [0.3, 0.4) is 0 Å². The van der Waals surface area contributed by atoms with E-state index in [4.69, 9.17) is 13.6 Å². The van der Waals surface area contributed by atoms with Gasteiger partial charge in [0.05, 0.1) is 19.5 Å². The summed E-state index contributed by atoms with van der Waals surface area (Å²) in [6.45, 7) is 6.33. The Bertz CT molecular complexity index is 1140. The van der Waals surface area contributed by atoms with Crippen LogP contribution >= 0.6 is 0 Å². The molecule has 9 nitrogen and oxygen atoms in total. The number of aromatic nitrogens is 1. The Morgan fingerprint density at radius 3 is 2.61 bits per heavy atom. The summed E-state index contributed by atoms with van der Waals surface area (Å²) in [5, 5.41) is 9.49. The van der Waals surface area contributed by atoms with E-state index in [0.717, 1.165) is 38.4 Å². The molecular weight excluding hydrogens is 422 g/mol. The molecule has 2 saturated heterocycles. The SMILES string of the molecule is N#Cc1nc(-c2ccco2)oc1N1CCN(C(=O)c2cccc(CN3CCOCC3)c2)CC1. The van der Waals surface area contributed by atoms with Gasteiger partial charge in [0.1, 0.15) is 6.07 Å². The predicted molar refractivity (Wildman–Crippen MR) is 120 cm³/mol. The molecule has 0 atom stereocenters. The van der Waals surface area contributed by atoms with E-state index in [9.17, 15) is 10.1 Å². The third-order valence-corrected chi connectivity index (χ3v) is 5.99. The molecule has 2 fully saturated rings. The molecule has 0 aliphatic carbocycles. The minimum Gasteiger partial charge on any atom is -0.459 e. The average molecular weight is 447 g/mol. The average Bonchev–Trinajstić information content (AvgIpc) is 3.55. The number of oxazole rings is 1. The van der Waals surface area contributed by atoms with Crippen LogP contribution in [0.25, 0.3) is 11.7 Å². The van der Waals surface area contributed by atoms with E-state index >= 15 is 0 Å². The molecule has 0 unspecified atom stereocenters. The summed E-state index contributed by atoms with van der Waals surface area (Å²) in [6.07, 6.45) is 1.53. The molecule has 2 aliphatic rings. The highest BCUT2D eigenvalue weighted by atomic mass is 16.5. The quantitative estimate of drug-likeness (QED) is 0.589. The van der Waals surface area contributed by atoms with Crippen molar-refractivity contribution in [2.75, 3.05) is 57.4 Å². The minimum atomic E-state index is 0.0211. The Kier molecular flexibility index (Phi) is 6.11. The molecule has 0 N–H and O–H groups in total. The van der Waals surface area contributed by atoms with Gasteiger partial charge in [0, 0.05) is 51.4 Å². The first-order valence-electron chi connectivity index (χ1n) is 11.1. The maximum Gasteiger partial charge on any atom is 0.266 e. The van der Waals surface area contributed by atoms with Crippen LogP contribution in [-0.2, 0) is 11.3 Å². The fourth-order valence-electron chi connectivity index (χ4n) is 4.22. The molecule has 0 radical (unpaired) electrons. The van der Waals surface area contributed by atoms with E-state index in [0.29, 0.717) is 43.4 Å². The molecule has 0 bridgehead atoms. The standard InChI is InChI=1S/C24H25N5O4/c25-16-20-24(33-22(26-20)21-5-2-12-32-21)29-8-6-28(7-9-29)23(30)19-4-1-3-18(15-19)17-27-10-13-31-14-11-27/h1-5,12,15H,6-11,13-14,17H2. The molecule has 0 saturated carbocycles. The number of hydrogen-bond acceptors (Lipinski definition) is 8. The molecule has 3 aromatic rings. The van der Waals surface area contributed by atoms with Crippen LogP contribution < -0.4 is 4.90 Å². The first-order valence-corrected chi connectivity index (χ1v) is 11.1. The summed E-state index contributed by atoms with van der Waals surface area (Å²) in [6, 6.07) is 13.4. The summed E-state index contributed by atoms with van der Waals surface area (Å²) < 4.78 is 16.6. The lowest BCUT2D eigenvalue weighted by atomic mass is 10.1. The van der Waals surface area contributed by atoms with Gasteiger partial charge in [0.2, 0.25) is 11.6 Å². The molecule has 33 heavy (non-hydrogen) atoms. The number of benzene rings is 1. The number of morpholine rings is 1. The third kappa shape index (κ3) is 4.62. The lowest BCUT2D eigenvalue weighted by Crippen LogP contribution is -2.49. The Morgan fingerprint density at radius 2 is 1.88 bits per heavy atom. The Morgan fingerprint density at radius 1 is 1.06 bits per heavy atom. The molecule has 1 amide bonds. The van der Waals surface area contributed by atoms with Crippen LogP contribution in [0.15, 0.2) is 51.5 Å². The number of anilines is 1. The van der Waals surface area contributed by atoms with Crippen molar-refractivity contribution in [3.05, 3.63) is 59.5 Å². The smallest absolute Gasteiger partial charge is 0.266 e. The first kappa shape index (κ1) is 21.2. The highest BCUT2D eigenvalue weighted by Gasteiger charge is 2.27. The normalized spacial score (nSPS) is 17.2. The Hall–Kier alpha value is -3.61. The zero-order valence-electron chi connectivity index (χ0n) is 18.3. The van der Waals surface area contributed by atoms with E-state index < -0.39 is 0 Å². The van der Waals surface area contributed by atoms with Gasteiger partial charge in [-0.1, -0.05) is 12.1 Å². The molecular formula is C24H25N5O4. The topological polar surface area (TPSA) is 99.0 Å². The fourth-order valence-corrected chi connectivity index (χ4v) is 4.22. The van der Waals surface area contributed by atoms with Crippen molar-refractivity contribution in [2.45, 2.75) is 6.54 Å². The second-order valence-electron chi connectivity index (χ2n) is 8.13. The van der Waals surface area contributed by atoms with Gasteiger partial charge >= 0.3 is 0 Å². The van der Waals surface area contributed by atoms with Crippen LogP contribution in [0, 0.1) is 11.3 Å². The van der Waals surface area contributed by atoms with Crippen LogP contribution in [0.2, 0.25) is 0 Å². The third-order valence-electron chi connectivity index (χ3n) is 5.99. The van der Waals surface area contributed by atoms with Crippen LogP contribution in [0.5, 0.6) is 0 Å². The summed E-state index contributed by atoms with van der Waals surface area (Å²) in [5.74, 6) is 1.20. The van der Waals surface area contributed by atoms with Gasteiger partial charge < -0.3 is 23.4 Å². The first-order chi connectivity index (χ1) is 16.2. The van der Waals surface area contributed by atoms with Gasteiger partial charge in [-0.2, -0.15) is 10.2 Å². The monoisotopic (exact) mass is 447 g/mol. The molecule has 0 spiro atoms. The predicted octanol–water partition coefficient (Wildman–Crippen LogP) is 2.60. The van der Waals surface area contributed by atoms with Gasteiger partial charge in [-0.05, 0) is 29.8 Å². The Balaban J connectivity index is 1.23. The van der Waals surface area contributed by atoms with Crippen molar-refractivity contribution < 1.29 is 18.4 Å². The van der Waals surface area contributed by atoms with E-state index in [1.165, 1.54) is 6.26 Å². The molecule has 170 valence electrons. The second kappa shape index (κ2) is 9.48. The van der Waals surface area contributed by atoms with Gasteiger partial charge in [-0.3, -0.25) is 9.69 Å². The number of piperazine rings is 1. The van der Waals surface area contributed by atoms with Gasteiger partial charge in [0.15, 0.2) is 5.76 Å². The van der Waals surface area contributed by atoms with Crippen molar-refractivity contribution in [3.8, 4) is 17.7 Å². The maximum atomic E-state index is 13.1. The number of amides is 1. The van der Waals surface area contributed by atoms with Crippen molar-refractivity contribution in [3.63, 3.8) is 0 Å². The molecule has 2 aromatic heterocycles. The molecule has 5 rings (SSSR count). The number of rotatable bonds is 5. The van der Waals surface area contributed by atoms with E-state index in [2.05, 4.69) is 22.0 Å². The van der Waals surface area contributed by atoms with E-state index in [1.807, 2.05) is 28.0 Å². The largest absolute Gasteiger partial charge is 0.459 e. The summed E-state index contributed by atoms with van der Waals surface area (Å²) in [4.78, 5) is 23.5. The summed E-state index contributed by atoms with van der Waals surface area (Å²) >= 11 is 0. The van der Waals surface area contributed by atoms with E-state index in [1.54, 1.807) is 12.1 Å². The van der Waals surface area contributed by atoms with Gasteiger partial charge in [-0.15, -0.1) is 0 Å². The number of furan rings is 1. The number of nitriles is 1. The number of nitrogens with zero attached hydrogens (tertiary/aromatic N) is 5. The lowest BCUT2D eigenvalue weighted by Gasteiger charge is -2.34. The summed E-state index contributed by atoms with van der Waals surface area (Å²) in [5.41, 5.74) is 2.05. The van der Waals surface area contributed by atoms with E-state index in [-0.39, 0.29) is 17.5 Å². The van der Waals surface area contributed by atoms with Gasteiger partial charge in [0.25, 0.3) is 11.8 Å². The fraction of sp³-hybridized carbons (Fsp3) is 0.375. The zero-order valence-corrected chi connectivity index (χ0v) is 18.3. The van der Waals surface area contributed by atoms with Crippen LogP contribution in [0.4, 0.5) is 5.88 Å². The van der Waals surface area contributed by atoms with Crippen LogP contribution in [0.1, 0.15) is 21.6 Å². The Labute approximate surface area is 191 Å². The number of carbonyl (C=O) groups is 1. The molecule has 9 heteroatoms. The van der Waals surface area contributed by atoms with Crippen molar-refractivity contribution in [1.29, 1.82) is 5.26 Å². The maximum absolute atomic E-state index is 13.1. The minimum absolute atomic E-state index is 0.0211. The molecule has 4 heterocycles. The van der Waals surface area contributed by atoms with Gasteiger partial charge in [-0.25, -0.2) is 0 Å². The highest BCUT2D eigenvalue weighted by molar-refractivity contribution is 5.94. The molecule has 1 aromatic carbocycles. The van der Waals surface area contributed by atoms with Crippen molar-refractivity contribution in [1.82, 2.24) is 14.8 Å².